The largest absolute Gasteiger partial charge is 0.385 e. The van der Waals surface area contributed by atoms with E-state index in [2.05, 4.69) is 11.1 Å². The number of aromatic nitrogens is 1. The second-order valence-electron chi connectivity index (χ2n) is 3.10. The molecule has 0 fully saturated rings. The van der Waals surface area contributed by atoms with Crippen molar-refractivity contribution in [1.29, 1.82) is 0 Å². The van der Waals surface area contributed by atoms with Crippen LogP contribution in [-0.4, -0.2) is 11.5 Å². The minimum atomic E-state index is 0.631. The zero-order valence-corrected chi connectivity index (χ0v) is 7.38. The van der Waals surface area contributed by atoms with E-state index in [1.165, 1.54) is 5.39 Å². The Morgan fingerprint density at radius 2 is 2.00 bits per heavy atom. The zero-order valence-electron chi connectivity index (χ0n) is 7.38. The normalized spacial score (nSPS) is 10.8. The Hall–Kier alpha value is -1.48. The lowest BCUT2D eigenvalue weighted by Crippen LogP contribution is -2.04. The number of nitrogen functional groups attached to an aromatic ring is 1. The molecule has 0 unspecified atom stereocenters. The topological polar surface area (TPSA) is 67.8 Å². The Morgan fingerprint density at radius 1 is 1.23 bits per heavy atom. The number of nitrogens with two attached hydrogens (primary N) is 2. The quantitative estimate of drug-likeness (QED) is 0.643. The van der Waals surface area contributed by atoms with E-state index < -0.39 is 0 Å². The third kappa shape index (κ3) is 1.27. The van der Waals surface area contributed by atoms with Crippen LogP contribution >= 0.6 is 0 Å². The highest BCUT2D eigenvalue weighted by molar-refractivity contribution is 5.88. The fraction of sp³-hybridized carbons (Fsp3) is 0.200. The van der Waals surface area contributed by atoms with Crippen LogP contribution in [0.4, 0.5) is 5.82 Å². The van der Waals surface area contributed by atoms with Crippen molar-refractivity contribution in [2.75, 3.05) is 12.3 Å². The number of fused-ring (bicyclic) bond motifs is 1. The van der Waals surface area contributed by atoms with Gasteiger partial charge < -0.3 is 16.5 Å². The average Bonchev–Trinajstić information content (AvgIpc) is 2.44. The molecule has 0 bridgehead atoms. The van der Waals surface area contributed by atoms with E-state index in [4.69, 9.17) is 11.5 Å². The van der Waals surface area contributed by atoms with E-state index in [0.717, 1.165) is 23.3 Å². The minimum absolute atomic E-state index is 0.631. The predicted molar refractivity (Wildman–Crippen MR) is 55.5 cm³/mol. The highest BCUT2D eigenvalue weighted by atomic mass is 14.9. The molecule has 1 aromatic carbocycles. The molecule has 1 aromatic heterocycles. The lowest BCUT2D eigenvalue weighted by atomic mass is 10.1. The van der Waals surface area contributed by atoms with Crippen LogP contribution in [0.5, 0.6) is 0 Å². The molecule has 3 nitrogen and oxygen atoms in total. The summed E-state index contributed by atoms with van der Waals surface area (Å²) in [7, 11) is 0. The van der Waals surface area contributed by atoms with Gasteiger partial charge in [0.15, 0.2) is 0 Å². The molecule has 1 heterocycles. The van der Waals surface area contributed by atoms with Crippen molar-refractivity contribution in [2.24, 2.45) is 5.73 Å². The third-order valence-corrected chi connectivity index (χ3v) is 2.24. The molecule has 5 N–H and O–H groups in total. The average molecular weight is 175 g/mol. The molecular formula is C10H13N3. The van der Waals surface area contributed by atoms with Gasteiger partial charge in [-0.2, -0.15) is 0 Å². The molecular weight excluding hydrogens is 162 g/mol. The van der Waals surface area contributed by atoms with E-state index in [1.54, 1.807) is 0 Å². The summed E-state index contributed by atoms with van der Waals surface area (Å²) in [6.07, 6.45) is 0.829. The van der Waals surface area contributed by atoms with Crippen molar-refractivity contribution in [3.63, 3.8) is 0 Å². The monoisotopic (exact) mass is 175 g/mol. The van der Waals surface area contributed by atoms with Gasteiger partial charge in [0.05, 0.1) is 0 Å². The van der Waals surface area contributed by atoms with Crippen LogP contribution in [0.25, 0.3) is 10.9 Å². The lowest BCUT2D eigenvalue weighted by molar-refractivity contribution is 0.979. The molecule has 0 saturated heterocycles. The molecule has 0 saturated carbocycles. The highest BCUT2D eigenvalue weighted by Crippen LogP contribution is 2.23. The van der Waals surface area contributed by atoms with Crippen LogP contribution in [0.1, 0.15) is 5.56 Å². The predicted octanol–water partition coefficient (Wildman–Crippen LogP) is 1.25. The van der Waals surface area contributed by atoms with Crippen LogP contribution in [0, 0.1) is 0 Å². The molecule has 0 atom stereocenters. The maximum Gasteiger partial charge on any atom is 0.104 e. The van der Waals surface area contributed by atoms with Crippen molar-refractivity contribution >= 4 is 16.7 Å². The maximum absolute atomic E-state index is 5.83. The van der Waals surface area contributed by atoms with Crippen molar-refractivity contribution in [1.82, 2.24) is 4.98 Å². The SMILES string of the molecule is NCCc1c(N)[nH]c2ccccc12. The molecule has 3 heteroatoms. The van der Waals surface area contributed by atoms with Gasteiger partial charge in [-0.15, -0.1) is 0 Å². The van der Waals surface area contributed by atoms with Gasteiger partial charge in [0.1, 0.15) is 5.82 Å². The molecule has 68 valence electrons. The number of hydrogen-bond acceptors (Lipinski definition) is 2. The maximum atomic E-state index is 5.83. The first-order chi connectivity index (χ1) is 6.33. The van der Waals surface area contributed by atoms with Gasteiger partial charge >= 0.3 is 0 Å². The Morgan fingerprint density at radius 3 is 2.77 bits per heavy atom. The van der Waals surface area contributed by atoms with Gasteiger partial charge in [0.25, 0.3) is 0 Å². The van der Waals surface area contributed by atoms with Gasteiger partial charge in [-0.05, 0) is 19.0 Å². The lowest BCUT2D eigenvalue weighted by Gasteiger charge is -1.96. The molecule has 0 radical (unpaired) electrons. The van der Waals surface area contributed by atoms with E-state index in [1.807, 2.05) is 18.2 Å². The van der Waals surface area contributed by atoms with Gasteiger partial charge in [-0.25, -0.2) is 0 Å². The third-order valence-electron chi connectivity index (χ3n) is 2.24. The number of benzene rings is 1. The number of anilines is 1. The smallest absolute Gasteiger partial charge is 0.104 e. The van der Waals surface area contributed by atoms with Crippen LogP contribution < -0.4 is 11.5 Å². The molecule has 0 aliphatic rings. The Kier molecular flexibility index (Phi) is 1.94. The molecule has 0 aliphatic heterocycles. The number of hydrogen-bond donors (Lipinski definition) is 3. The second kappa shape index (κ2) is 3.11. The van der Waals surface area contributed by atoms with E-state index in [9.17, 15) is 0 Å². The van der Waals surface area contributed by atoms with Gasteiger partial charge in [-0.1, -0.05) is 18.2 Å². The van der Waals surface area contributed by atoms with Gasteiger partial charge in [-0.3, -0.25) is 0 Å². The Labute approximate surface area is 76.7 Å². The number of aromatic amines is 1. The number of H-pyrrole nitrogens is 1. The summed E-state index contributed by atoms with van der Waals surface area (Å²) in [6, 6.07) is 8.08. The molecule has 2 rings (SSSR count). The van der Waals surface area contributed by atoms with Crippen LogP contribution in [0.2, 0.25) is 0 Å². The van der Waals surface area contributed by atoms with Gasteiger partial charge in [0.2, 0.25) is 0 Å². The second-order valence-corrected chi connectivity index (χ2v) is 3.10. The van der Waals surface area contributed by atoms with Crippen LogP contribution in [-0.2, 0) is 6.42 Å². The summed E-state index contributed by atoms with van der Waals surface area (Å²) >= 11 is 0. The molecule has 13 heavy (non-hydrogen) atoms. The van der Waals surface area contributed by atoms with Gasteiger partial charge in [0, 0.05) is 16.5 Å². The van der Waals surface area contributed by atoms with E-state index in [-0.39, 0.29) is 0 Å². The number of nitrogens with one attached hydrogen (secondary N) is 1. The number of rotatable bonds is 2. The molecule has 0 amide bonds. The summed E-state index contributed by atoms with van der Waals surface area (Å²) in [5, 5.41) is 1.19. The summed E-state index contributed by atoms with van der Waals surface area (Å²) < 4.78 is 0. The summed E-state index contributed by atoms with van der Waals surface area (Å²) in [4.78, 5) is 3.13. The van der Waals surface area contributed by atoms with Crippen molar-refractivity contribution < 1.29 is 0 Å². The highest BCUT2D eigenvalue weighted by Gasteiger charge is 2.06. The molecule has 2 aromatic rings. The van der Waals surface area contributed by atoms with E-state index in [0.29, 0.717) is 6.54 Å². The Bertz CT molecular complexity index is 417. The zero-order chi connectivity index (χ0) is 9.26. The fourth-order valence-electron chi connectivity index (χ4n) is 1.63. The van der Waals surface area contributed by atoms with E-state index >= 15 is 0 Å². The number of para-hydroxylation sites is 1. The Balaban J connectivity index is 2.64. The first-order valence-electron chi connectivity index (χ1n) is 4.38. The molecule has 0 spiro atoms. The van der Waals surface area contributed by atoms with Crippen molar-refractivity contribution in [3.8, 4) is 0 Å². The summed E-state index contributed by atoms with van der Waals surface area (Å²) in [6.45, 7) is 0.631. The standard InChI is InChI=1S/C10H13N3/c11-6-5-8-7-3-1-2-4-9(7)13-10(8)12/h1-4,13H,5-6,11-12H2. The first-order valence-corrected chi connectivity index (χ1v) is 4.38. The minimum Gasteiger partial charge on any atom is -0.385 e. The van der Waals surface area contributed by atoms with Crippen LogP contribution in [0.3, 0.4) is 0 Å². The molecule has 0 aliphatic carbocycles. The summed E-state index contributed by atoms with van der Waals surface area (Å²) in [5.41, 5.74) is 13.6. The fourth-order valence-corrected chi connectivity index (χ4v) is 1.63. The van der Waals surface area contributed by atoms with Crippen molar-refractivity contribution in [2.45, 2.75) is 6.42 Å². The van der Waals surface area contributed by atoms with Crippen molar-refractivity contribution in [3.05, 3.63) is 29.8 Å². The van der Waals surface area contributed by atoms with Crippen LogP contribution in [0.15, 0.2) is 24.3 Å². The first kappa shape index (κ1) is 8.13. The summed E-state index contributed by atoms with van der Waals surface area (Å²) in [5.74, 6) is 0.742.